The predicted molar refractivity (Wildman–Crippen MR) is 98.9 cm³/mol. The molecule has 5 heteroatoms. The fourth-order valence-electron chi connectivity index (χ4n) is 3.55. The SMILES string of the molecule is COc1cc2[nH]c3c(c2cc1OC)C(=O)CCC3OCc1ccccc1. The molecule has 1 aromatic heterocycles. The van der Waals surface area contributed by atoms with Gasteiger partial charge in [-0.2, -0.15) is 0 Å². The van der Waals surface area contributed by atoms with Crippen LogP contribution in [0.4, 0.5) is 0 Å². The summed E-state index contributed by atoms with van der Waals surface area (Å²) in [5, 5.41) is 0.857. The van der Waals surface area contributed by atoms with Gasteiger partial charge in [0, 0.05) is 23.4 Å². The van der Waals surface area contributed by atoms with E-state index in [0.717, 1.165) is 22.2 Å². The van der Waals surface area contributed by atoms with E-state index in [0.29, 0.717) is 36.5 Å². The van der Waals surface area contributed by atoms with Gasteiger partial charge in [-0.25, -0.2) is 0 Å². The van der Waals surface area contributed by atoms with E-state index in [1.54, 1.807) is 14.2 Å². The number of methoxy groups -OCH3 is 2. The molecule has 1 unspecified atom stereocenters. The zero-order valence-electron chi connectivity index (χ0n) is 14.9. The molecule has 0 aliphatic heterocycles. The van der Waals surface area contributed by atoms with Crippen LogP contribution in [-0.4, -0.2) is 25.0 Å². The van der Waals surface area contributed by atoms with Crippen molar-refractivity contribution in [1.29, 1.82) is 0 Å². The molecular formula is C21H21NO4. The molecule has 4 rings (SSSR count). The fraction of sp³-hybridized carbons (Fsp3) is 0.286. The Balaban J connectivity index is 1.72. The van der Waals surface area contributed by atoms with E-state index in [4.69, 9.17) is 14.2 Å². The van der Waals surface area contributed by atoms with Crippen LogP contribution in [0, 0.1) is 0 Å². The first kappa shape index (κ1) is 16.7. The molecule has 5 nitrogen and oxygen atoms in total. The molecule has 2 aromatic carbocycles. The van der Waals surface area contributed by atoms with Crippen molar-refractivity contribution in [3.63, 3.8) is 0 Å². The Morgan fingerprint density at radius 2 is 1.81 bits per heavy atom. The van der Waals surface area contributed by atoms with Crippen LogP contribution < -0.4 is 9.47 Å². The molecule has 1 aliphatic rings. The van der Waals surface area contributed by atoms with Crippen LogP contribution in [0.15, 0.2) is 42.5 Å². The molecule has 1 heterocycles. The van der Waals surface area contributed by atoms with Crippen LogP contribution >= 0.6 is 0 Å². The maximum absolute atomic E-state index is 12.6. The Morgan fingerprint density at radius 3 is 2.54 bits per heavy atom. The van der Waals surface area contributed by atoms with E-state index >= 15 is 0 Å². The summed E-state index contributed by atoms with van der Waals surface area (Å²) in [6.45, 7) is 0.515. The number of carbonyl (C=O) groups is 1. The molecule has 1 aliphatic carbocycles. The van der Waals surface area contributed by atoms with Gasteiger partial charge in [-0.15, -0.1) is 0 Å². The van der Waals surface area contributed by atoms with Crippen LogP contribution in [0.2, 0.25) is 0 Å². The van der Waals surface area contributed by atoms with Crippen LogP contribution in [0.25, 0.3) is 10.9 Å². The highest BCUT2D eigenvalue weighted by molar-refractivity contribution is 6.10. The van der Waals surface area contributed by atoms with Crippen molar-refractivity contribution >= 4 is 16.7 Å². The van der Waals surface area contributed by atoms with Crippen LogP contribution in [-0.2, 0) is 11.3 Å². The quantitative estimate of drug-likeness (QED) is 0.739. The van der Waals surface area contributed by atoms with Gasteiger partial charge in [0.1, 0.15) is 0 Å². The minimum absolute atomic E-state index is 0.132. The highest BCUT2D eigenvalue weighted by atomic mass is 16.5. The summed E-state index contributed by atoms with van der Waals surface area (Å²) in [7, 11) is 3.19. The lowest BCUT2D eigenvalue weighted by Crippen LogP contribution is -2.17. The maximum Gasteiger partial charge on any atom is 0.165 e. The number of ether oxygens (including phenoxy) is 3. The van der Waals surface area contributed by atoms with Gasteiger partial charge in [0.2, 0.25) is 0 Å². The van der Waals surface area contributed by atoms with E-state index < -0.39 is 0 Å². The summed E-state index contributed by atoms with van der Waals surface area (Å²) in [5.41, 5.74) is 3.54. The van der Waals surface area contributed by atoms with E-state index in [2.05, 4.69) is 4.98 Å². The summed E-state index contributed by atoms with van der Waals surface area (Å²) in [6.07, 6.45) is 1.03. The molecule has 0 saturated heterocycles. The Labute approximate surface area is 151 Å². The van der Waals surface area contributed by atoms with Crippen molar-refractivity contribution in [3.05, 3.63) is 59.3 Å². The Bertz CT molecular complexity index is 946. The predicted octanol–water partition coefficient (Wildman–Crippen LogP) is 4.42. The van der Waals surface area contributed by atoms with Gasteiger partial charge in [-0.05, 0) is 18.1 Å². The van der Waals surface area contributed by atoms with Gasteiger partial charge in [0.25, 0.3) is 0 Å². The van der Waals surface area contributed by atoms with E-state index in [1.807, 2.05) is 42.5 Å². The lowest BCUT2D eigenvalue weighted by Gasteiger charge is -2.22. The van der Waals surface area contributed by atoms with Crippen molar-refractivity contribution in [2.45, 2.75) is 25.6 Å². The van der Waals surface area contributed by atoms with E-state index in [-0.39, 0.29) is 11.9 Å². The minimum atomic E-state index is -0.132. The average Bonchev–Trinajstić information content (AvgIpc) is 3.06. The monoisotopic (exact) mass is 351 g/mol. The van der Waals surface area contributed by atoms with Crippen molar-refractivity contribution in [3.8, 4) is 11.5 Å². The Morgan fingerprint density at radius 1 is 1.08 bits per heavy atom. The lowest BCUT2D eigenvalue weighted by atomic mass is 9.92. The van der Waals surface area contributed by atoms with Gasteiger partial charge in [-0.1, -0.05) is 30.3 Å². The second-order valence-electron chi connectivity index (χ2n) is 6.41. The molecule has 26 heavy (non-hydrogen) atoms. The first-order valence-electron chi connectivity index (χ1n) is 8.67. The molecule has 1 atom stereocenters. The smallest absolute Gasteiger partial charge is 0.165 e. The number of carbonyl (C=O) groups excluding carboxylic acids is 1. The van der Waals surface area contributed by atoms with Gasteiger partial charge < -0.3 is 19.2 Å². The number of H-pyrrole nitrogens is 1. The number of Topliss-reactive ketones (excluding diaryl/α,β-unsaturated/α-hetero) is 1. The molecule has 0 bridgehead atoms. The number of fused-ring (bicyclic) bond motifs is 3. The number of aromatic amines is 1. The number of benzene rings is 2. The summed E-state index contributed by atoms with van der Waals surface area (Å²) >= 11 is 0. The third kappa shape index (κ3) is 2.84. The van der Waals surface area contributed by atoms with E-state index in [1.165, 1.54) is 0 Å². The lowest BCUT2D eigenvalue weighted by molar-refractivity contribution is 0.0257. The molecule has 1 N–H and O–H groups in total. The van der Waals surface area contributed by atoms with E-state index in [9.17, 15) is 4.79 Å². The maximum atomic E-state index is 12.6. The summed E-state index contributed by atoms with van der Waals surface area (Å²) in [5.74, 6) is 1.38. The van der Waals surface area contributed by atoms with Crippen LogP contribution in [0.5, 0.6) is 11.5 Å². The normalized spacial score (nSPS) is 16.5. The number of aromatic nitrogens is 1. The third-order valence-corrected chi connectivity index (χ3v) is 4.86. The molecule has 0 amide bonds. The number of hydrogen-bond acceptors (Lipinski definition) is 4. The van der Waals surface area contributed by atoms with Crippen LogP contribution in [0.1, 0.15) is 40.6 Å². The van der Waals surface area contributed by atoms with Gasteiger partial charge in [0.15, 0.2) is 17.3 Å². The number of rotatable bonds is 5. The molecular weight excluding hydrogens is 330 g/mol. The summed E-state index contributed by atoms with van der Waals surface area (Å²) in [4.78, 5) is 16.0. The largest absolute Gasteiger partial charge is 0.493 e. The first-order chi connectivity index (χ1) is 12.7. The van der Waals surface area contributed by atoms with Crippen molar-refractivity contribution in [2.24, 2.45) is 0 Å². The zero-order valence-corrected chi connectivity index (χ0v) is 14.9. The Hall–Kier alpha value is -2.79. The molecule has 0 saturated carbocycles. The fourth-order valence-corrected chi connectivity index (χ4v) is 3.55. The highest BCUT2D eigenvalue weighted by Crippen LogP contribution is 2.41. The molecule has 0 spiro atoms. The number of hydrogen-bond donors (Lipinski definition) is 1. The van der Waals surface area contributed by atoms with Gasteiger partial charge in [-0.3, -0.25) is 4.79 Å². The molecule has 0 fully saturated rings. The highest BCUT2D eigenvalue weighted by Gasteiger charge is 2.31. The zero-order chi connectivity index (χ0) is 18.1. The number of nitrogens with one attached hydrogen (secondary N) is 1. The van der Waals surface area contributed by atoms with Gasteiger partial charge in [0.05, 0.1) is 38.1 Å². The van der Waals surface area contributed by atoms with Crippen molar-refractivity contribution in [2.75, 3.05) is 14.2 Å². The second-order valence-corrected chi connectivity index (χ2v) is 6.41. The standard InChI is InChI=1S/C21H21NO4/c1-24-18-10-14-15(11-19(18)25-2)22-21-17(9-8-16(23)20(14)21)26-12-13-6-4-3-5-7-13/h3-7,10-11,17,22H,8-9,12H2,1-2H3. The average molecular weight is 351 g/mol. The molecule has 0 radical (unpaired) electrons. The second kappa shape index (κ2) is 6.84. The number of ketones is 1. The van der Waals surface area contributed by atoms with Crippen molar-refractivity contribution < 1.29 is 19.0 Å². The Kier molecular flexibility index (Phi) is 4.39. The minimum Gasteiger partial charge on any atom is -0.493 e. The van der Waals surface area contributed by atoms with Gasteiger partial charge >= 0.3 is 0 Å². The molecule has 3 aromatic rings. The van der Waals surface area contributed by atoms with Crippen molar-refractivity contribution in [1.82, 2.24) is 4.98 Å². The summed E-state index contributed by atoms with van der Waals surface area (Å²) < 4.78 is 16.9. The summed E-state index contributed by atoms with van der Waals surface area (Å²) in [6, 6.07) is 13.8. The van der Waals surface area contributed by atoms with Crippen LogP contribution in [0.3, 0.4) is 0 Å². The third-order valence-electron chi connectivity index (χ3n) is 4.86. The molecule has 134 valence electrons. The topological polar surface area (TPSA) is 60.5 Å². The first-order valence-corrected chi connectivity index (χ1v) is 8.67.